The topological polar surface area (TPSA) is 105 Å². The molecule has 0 aliphatic heterocycles. The lowest BCUT2D eigenvalue weighted by Gasteiger charge is -2.18. The first-order chi connectivity index (χ1) is 12.7. The molecule has 0 saturated heterocycles. The smallest absolute Gasteiger partial charge is 0.361 e. The van der Waals surface area contributed by atoms with Crippen molar-refractivity contribution in [1.82, 2.24) is 30.0 Å². The zero-order valence-electron chi connectivity index (χ0n) is 15.4. The molecule has 9 nitrogen and oxygen atoms in total. The van der Waals surface area contributed by atoms with Crippen LogP contribution in [0.5, 0.6) is 0 Å². The molecule has 2 aromatic heterocycles. The zero-order chi connectivity index (χ0) is 20.0. The highest BCUT2D eigenvalue weighted by atomic mass is 35.5. The fourth-order valence-corrected chi connectivity index (χ4v) is 2.25. The standard InChI is InChI=1S/C16H22ClFN6O3/c1-16(2,3)27-15(26)14-10-23(22-20-14)5-4-11(18)8-24-9-12(19-21-24)6-13(25)7-17/h9-11H,4-8H2,1-3H3. The van der Waals surface area contributed by atoms with Crippen molar-refractivity contribution in [3.8, 4) is 0 Å². The van der Waals surface area contributed by atoms with Crippen molar-refractivity contribution < 1.29 is 18.7 Å². The Morgan fingerprint density at radius 1 is 1.22 bits per heavy atom. The fourth-order valence-electron chi connectivity index (χ4n) is 2.16. The van der Waals surface area contributed by atoms with E-state index in [1.807, 2.05) is 0 Å². The summed E-state index contributed by atoms with van der Waals surface area (Å²) in [4.78, 5) is 23.2. The summed E-state index contributed by atoms with van der Waals surface area (Å²) in [5.41, 5.74) is -0.105. The van der Waals surface area contributed by atoms with Gasteiger partial charge in [0.05, 0.1) is 30.7 Å². The van der Waals surface area contributed by atoms with E-state index in [2.05, 4.69) is 20.6 Å². The van der Waals surface area contributed by atoms with Crippen LogP contribution >= 0.6 is 11.6 Å². The van der Waals surface area contributed by atoms with Gasteiger partial charge in [0, 0.05) is 19.2 Å². The van der Waals surface area contributed by atoms with E-state index >= 15 is 0 Å². The average Bonchev–Trinajstić information content (AvgIpc) is 3.21. The molecule has 0 bridgehead atoms. The second-order valence-corrected chi connectivity index (χ2v) is 7.30. The highest BCUT2D eigenvalue weighted by molar-refractivity contribution is 6.27. The van der Waals surface area contributed by atoms with Crippen molar-refractivity contribution in [2.45, 2.75) is 58.5 Å². The van der Waals surface area contributed by atoms with Gasteiger partial charge in [-0.3, -0.25) is 9.48 Å². The quantitative estimate of drug-likeness (QED) is 0.465. The molecule has 27 heavy (non-hydrogen) atoms. The normalized spacial score (nSPS) is 12.8. The molecule has 0 aliphatic carbocycles. The van der Waals surface area contributed by atoms with Crippen LogP contribution in [0.4, 0.5) is 4.39 Å². The Labute approximate surface area is 160 Å². The van der Waals surface area contributed by atoms with Gasteiger partial charge >= 0.3 is 5.97 Å². The van der Waals surface area contributed by atoms with Crippen LogP contribution in [0.1, 0.15) is 43.4 Å². The molecule has 0 radical (unpaired) electrons. The fraction of sp³-hybridized carbons (Fsp3) is 0.625. The molecule has 0 aliphatic rings. The average molecular weight is 401 g/mol. The molecule has 0 amide bonds. The molecule has 0 fully saturated rings. The number of ether oxygens (including phenoxy) is 1. The summed E-state index contributed by atoms with van der Waals surface area (Å²) in [7, 11) is 0. The van der Waals surface area contributed by atoms with Crippen molar-refractivity contribution in [2.24, 2.45) is 0 Å². The predicted octanol–water partition coefficient (Wildman–Crippen LogP) is 1.60. The maximum atomic E-state index is 14.2. The van der Waals surface area contributed by atoms with Crippen molar-refractivity contribution in [1.29, 1.82) is 0 Å². The highest BCUT2D eigenvalue weighted by Gasteiger charge is 2.20. The third-order valence-corrected chi connectivity index (χ3v) is 3.61. The number of ketones is 1. The zero-order valence-corrected chi connectivity index (χ0v) is 16.2. The second kappa shape index (κ2) is 9.03. The van der Waals surface area contributed by atoms with Crippen LogP contribution in [0, 0.1) is 0 Å². The molecule has 0 aromatic carbocycles. The Balaban J connectivity index is 1.81. The first-order valence-corrected chi connectivity index (χ1v) is 8.94. The molecule has 0 saturated carbocycles. The Morgan fingerprint density at radius 2 is 1.93 bits per heavy atom. The number of hydrogen-bond donors (Lipinski definition) is 0. The predicted molar refractivity (Wildman–Crippen MR) is 94.2 cm³/mol. The molecule has 0 N–H and O–H groups in total. The van der Waals surface area contributed by atoms with E-state index in [9.17, 15) is 14.0 Å². The van der Waals surface area contributed by atoms with Gasteiger partial charge in [-0.05, 0) is 20.8 Å². The van der Waals surface area contributed by atoms with Gasteiger partial charge in [0.1, 0.15) is 11.8 Å². The summed E-state index contributed by atoms with van der Waals surface area (Å²) in [6, 6.07) is 0. The number of halogens is 2. The van der Waals surface area contributed by atoms with Crippen molar-refractivity contribution in [3.63, 3.8) is 0 Å². The monoisotopic (exact) mass is 400 g/mol. The van der Waals surface area contributed by atoms with Crippen molar-refractivity contribution in [2.75, 3.05) is 5.88 Å². The summed E-state index contributed by atoms with van der Waals surface area (Å²) in [5, 5.41) is 15.2. The third-order valence-electron chi connectivity index (χ3n) is 3.32. The number of rotatable bonds is 9. The van der Waals surface area contributed by atoms with Gasteiger partial charge < -0.3 is 4.74 Å². The van der Waals surface area contributed by atoms with Crippen LogP contribution in [0.2, 0.25) is 0 Å². The summed E-state index contributed by atoms with van der Waals surface area (Å²) in [5.74, 6) is -0.846. The molecule has 2 rings (SSSR count). The number of aromatic nitrogens is 6. The van der Waals surface area contributed by atoms with Crippen LogP contribution in [-0.4, -0.2) is 59.4 Å². The lowest BCUT2D eigenvalue weighted by Crippen LogP contribution is -2.24. The van der Waals surface area contributed by atoms with Crippen LogP contribution in [0.25, 0.3) is 0 Å². The van der Waals surface area contributed by atoms with Gasteiger partial charge in [-0.2, -0.15) is 0 Å². The van der Waals surface area contributed by atoms with Crippen LogP contribution in [0.15, 0.2) is 12.4 Å². The first-order valence-electron chi connectivity index (χ1n) is 8.40. The molecular formula is C16H22ClFN6O3. The van der Waals surface area contributed by atoms with E-state index in [1.54, 1.807) is 20.8 Å². The highest BCUT2D eigenvalue weighted by Crippen LogP contribution is 2.11. The molecule has 11 heteroatoms. The van der Waals surface area contributed by atoms with E-state index in [0.717, 1.165) is 0 Å². The van der Waals surface area contributed by atoms with Gasteiger partial charge in [0.25, 0.3) is 0 Å². The van der Waals surface area contributed by atoms with E-state index in [1.165, 1.54) is 21.8 Å². The summed E-state index contributed by atoms with van der Waals surface area (Å²) in [6.07, 6.45) is 1.95. The summed E-state index contributed by atoms with van der Waals surface area (Å²) >= 11 is 5.44. The van der Waals surface area contributed by atoms with Crippen molar-refractivity contribution in [3.05, 3.63) is 23.8 Å². The van der Waals surface area contributed by atoms with E-state index < -0.39 is 17.7 Å². The molecule has 148 valence electrons. The van der Waals surface area contributed by atoms with Gasteiger partial charge in [0.2, 0.25) is 0 Å². The maximum absolute atomic E-state index is 14.2. The summed E-state index contributed by atoms with van der Waals surface area (Å²) in [6.45, 7) is 5.50. The third kappa shape index (κ3) is 7.05. The summed E-state index contributed by atoms with van der Waals surface area (Å²) < 4.78 is 22.1. The number of alkyl halides is 2. The Hall–Kier alpha value is -2.36. The first kappa shape index (κ1) is 20.9. The Bertz CT molecular complexity index is 785. The lowest BCUT2D eigenvalue weighted by atomic mass is 10.2. The van der Waals surface area contributed by atoms with Gasteiger partial charge in [-0.15, -0.1) is 21.8 Å². The van der Waals surface area contributed by atoms with E-state index in [0.29, 0.717) is 5.69 Å². The number of carbonyl (C=O) groups excluding carboxylic acids is 2. The van der Waals surface area contributed by atoms with Crippen LogP contribution in [-0.2, 0) is 29.0 Å². The second-order valence-electron chi connectivity index (χ2n) is 7.04. The number of esters is 1. The van der Waals surface area contributed by atoms with E-state index in [4.69, 9.17) is 16.3 Å². The van der Waals surface area contributed by atoms with Crippen molar-refractivity contribution >= 4 is 23.4 Å². The van der Waals surface area contributed by atoms with Crippen LogP contribution < -0.4 is 0 Å². The van der Waals surface area contributed by atoms with Gasteiger partial charge in [0.15, 0.2) is 11.5 Å². The minimum absolute atomic E-state index is 0.00428. The SMILES string of the molecule is CC(C)(C)OC(=O)c1cn(CCC(F)Cn2cc(CC(=O)CCl)nn2)nn1. The number of nitrogens with zero attached hydrogens (tertiary/aromatic N) is 6. The minimum Gasteiger partial charge on any atom is -0.455 e. The Morgan fingerprint density at radius 3 is 2.59 bits per heavy atom. The number of aryl methyl sites for hydroxylation is 1. The Kier molecular flexibility index (Phi) is 7.00. The lowest BCUT2D eigenvalue weighted by molar-refractivity contribution is -0.116. The molecular weight excluding hydrogens is 379 g/mol. The molecule has 2 heterocycles. The van der Waals surface area contributed by atoms with Crippen LogP contribution in [0.3, 0.4) is 0 Å². The number of Topliss-reactive ketones (excluding diaryl/α,β-unsaturated/α-hetero) is 1. The molecule has 1 unspecified atom stereocenters. The minimum atomic E-state index is -1.21. The maximum Gasteiger partial charge on any atom is 0.361 e. The molecule has 2 aromatic rings. The molecule has 1 atom stereocenters. The van der Waals surface area contributed by atoms with E-state index in [-0.39, 0.29) is 43.3 Å². The van der Waals surface area contributed by atoms with Gasteiger partial charge in [-0.1, -0.05) is 10.4 Å². The molecule has 0 spiro atoms. The number of hydrogen-bond acceptors (Lipinski definition) is 7. The largest absolute Gasteiger partial charge is 0.455 e. The van der Waals surface area contributed by atoms with Gasteiger partial charge in [-0.25, -0.2) is 13.9 Å². The number of carbonyl (C=O) groups is 2.